The van der Waals surface area contributed by atoms with Crippen LogP contribution in [-0.4, -0.2) is 98.8 Å². The Bertz CT molecular complexity index is 1580. The summed E-state index contributed by atoms with van der Waals surface area (Å²) in [6, 6.07) is 0. The fraction of sp³-hybridized carbons (Fsp3) is 0.429. The lowest BCUT2D eigenvalue weighted by molar-refractivity contribution is -0.689. The summed E-state index contributed by atoms with van der Waals surface area (Å²) in [5.74, 6) is -3.94. The fourth-order valence-electron chi connectivity index (χ4n) is 3.70. The first-order valence-electron chi connectivity index (χ1n) is 14.3. The zero-order valence-corrected chi connectivity index (χ0v) is 29.2. The number of carbonyl (C=O) groups is 4. The second-order valence-corrected chi connectivity index (χ2v) is 13.0. The highest BCUT2D eigenvalue weighted by molar-refractivity contribution is 7.98. The number of carbonyl (C=O) groups excluding carboxylic acids is 2. The summed E-state index contributed by atoms with van der Waals surface area (Å²) in [4.78, 5) is 64.3. The molecule has 0 aromatic carbocycles. The number of allylic oxidation sites excluding steroid dienone is 2. The van der Waals surface area contributed by atoms with Gasteiger partial charge >= 0.3 is 11.9 Å². The number of nitrogen functional groups attached to an aromatic ring is 2. The summed E-state index contributed by atoms with van der Waals surface area (Å²) in [5, 5.41) is 28.6. The second-order valence-electron chi connectivity index (χ2n) is 10.5. The molecule has 0 aliphatic carbocycles. The van der Waals surface area contributed by atoms with Crippen molar-refractivity contribution >= 4 is 80.8 Å². The van der Waals surface area contributed by atoms with Gasteiger partial charge in [0, 0.05) is 19.3 Å². The topological polar surface area (TPSA) is 265 Å². The number of halogens is 1. The maximum atomic E-state index is 13.2. The smallest absolute Gasteiger partial charge is 0.352 e. The number of hydrogen-bond acceptors (Lipinski definition) is 14. The van der Waals surface area contributed by atoms with Crippen LogP contribution >= 0.6 is 34.7 Å². The molecule has 2 rings (SSSR count). The number of nitrogens with two attached hydrogens (primary N) is 3. The molecule has 0 spiro atoms. The number of nitrogens with one attached hydrogen (secondary N) is 2. The normalized spacial score (nSPS) is 12.4. The number of thioether (sulfide) groups is 1. The van der Waals surface area contributed by atoms with Crippen molar-refractivity contribution in [3.8, 4) is 0 Å². The van der Waals surface area contributed by atoms with Gasteiger partial charge in [0.15, 0.2) is 10.8 Å². The molecule has 10 N–H and O–H groups in total. The van der Waals surface area contributed by atoms with Crippen LogP contribution in [0, 0.1) is 0 Å². The summed E-state index contributed by atoms with van der Waals surface area (Å²) in [5.41, 5.74) is 15.3. The molecule has 262 valence electrons. The molecule has 0 aliphatic heterocycles. The van der Waals surface area contributed by atoms with E-state index in [9.17, 15) is 29.4 Å². The van der Waals surface area contributed by atoms with Gasteiger partial charge < -0.3 is 47.8 Å². The van der Waals surface area contributed by atoms with Crippen LogP contribution in [0.15, 0.2) is 41.1 Å². The van der Waals surface area contributed by atoms with Gasteiger partial charge in [-0.3, -0.25) is 9.59 Å². The van der Waals surface area contributed by atoms with Gasteiger partial charge in [-0.2, -0.15) is 11.8 Å². The summed E-state index contributed by atoms with van der Waals surface area (Å²) < 4.78 is 1.72. The van der Waals surface area contributed by atoms with Gasteiger partial charge in [-0.25, -0.2) is 19.1 Å². The van der Waals surface area contributed by atoms with E-state index >= 15 is 0 Å². The molecule has 17 nitrogen and oxygen atoms in total. The Morgan fingerprint density at radius 3 is 2.54 bits per heavy atom. The van der Waals surface area contributed by atoms with Crippen LogP contribution in [0.5, 0.6) is 0 Å². The van der Waals surface area contributed by atoms with Crippen molar-refractivity contribution in [3.05, 3.63) is 46.0 Å². The molecular formula is C28H40ClN10O7S2+. The average molecular weight is 728 g/mol. The molecule has 0 saturated heterocycles. The number of amides is 2. The lowest BCUT2D eigenvalue weighted by Crippen LogP contribution is -2.42. The number of carboxylic acids is 2. The van der Waals surface area contributed by atoms with Crippen LogP contribution in [0.2, 0.25) is 4.34 Å². The summed E-state index contributed by atoms with van der Waals surface area (Å²) >= 11 is 8.33. The molecule has 0 unspecified atom stereocenters. The number of aliphatic carboxylic acids is 2. The van der Waals surface area contributed by atoms with E-state index in [1.165, 1.54) is 39.0 Å². The lowest BCUT2D eigenvalue weighted by Gasteiger charge is -2.21. The Morgan fingerprint density at radius 1 is 1.25 bits per heavy atom. The second kappa shape index (κ2) is 18.8. The molecule has 0 bridgehead atoms. The van der Waals surface area contributed by atoms with Crippen molar-refractivity contribution in [2.45, 2.75) is 38.8 Å². The quantitative estimate of drug-likeness (QED) is 0.0265. The van der Waals surface area contributed by atoms with Crippen molar-refractivity contribution in [2.75, 3.05) is 55.5 Å². The van der Waals surface area contributed by atoms with Gasteiger partial charge in [-0.15, -0.1) is 0 Å². The molecule has 2 aromatic heterocycles. The number of unbranched alkanes of at least 4 members (excludes halogenated alkanes) is 1. The number of aromatic nitrogens is 3. The van der Waals surface area contributed by atoms with Crippen molar-refractivity contribution in [1.82, 2.24) is 20.2 Å². The van der Waals surface area contributed by atoms with E-state index in [1.54, 1.807) is 29.2 Å². The molecule has 0 saturated carbocycles. The van der Waals surface area contributed by atoms with Gasteiger partial charge in [0.1, 0.15) is 34.2 Å². The SMILES string of the molecule is CSCC(/C=C/C[n+]1cnc(N)c(NCCCCN)c1)=C(/C(=O)O)N(C)C(=O)CNC(=O)/C(=N\OC(C)(C)C(=O)O)c1nc(N)sc1Cl. The van der Waals surface area contributed by atoms with E-state index in [2.05, 4.69) is 25.8 Å². The molecule has 0 radical (unpaired) electrons. The Balaban J connectivity index is 2.26. The van der Waals surface area contributed by atoms with Crippen molar-refractivity contribution in [3.63, 3.8) is 0 Å². The first-order valence-corrected chi connectivity index (χ1v) is 16.9. The van der Waals surface area contributed by atoms with Crippen LogP contribution in [0.1, 0.15) is 32.4 Å². The first-order chi connectivity index (χ1) is 22.6. The van der Waals surface area contributed by atoms with Crippen LogP contribution < -0.4 is 32.4 Å². The van der Waals surface area contributed by atoms with Crippen LogP contribution in [0.25, 0.3) is 0 Å². The maximum Gasteiger partial charge on any atom is 0.352 e. The van der Waals surface area contributed by atoms with E-state index in [-0.39, 0.29) is 26.6 Å². The molecule has 2 amide bonds. The number of rotatable bonds is 19. The Labute approximate surface area is 290 Å². The fourth-order valence-corrected chi connectivity index (χ4v) is 5.17. The first kappa shape index (κ1) is 39.7. The minimum absolute atomic E-state index is 0.00379. The Kier molecular flexibility index (Phi) is 15.5. The molecule has 0 atom stereocenters. The minimum atomic E-state index is -1.83. The predicted octanol–water partition coefficient (Wildman–Crippen LogP) is 0.911. The zero-order chi connectivity index (χ0) is 36.0. The maximum absolute atomic E-state index is 13.2. The van der Waals surface area contributed by atoms with E-state index in [0.717, 1.165) is 29.1 Å². The van der Waals surface area contributed by atoms with E-state index in [1.807, 2.05) is 0 Å². The average Bonchev–Trinajstić information content (AvgIpc) is 3.36. The van der Waals surface area contributed by atoms with Crippen molar-refractivity contribution < 1.29 is 38.8 Å². The summed E-state index contributed by atoms with van der Waals surface area (Å²) in [6.07, 6.45) is 10.1. The van der Waals surface area contributed by atoms with Crippen molar-refractivity contribution in [2.24, 2.45) is 10.9 Å². The lowest BCUT2D eigenvalue weighted by atomic mass is 10.1. The third-order valence-electron chi connectivity index (χ3n) is 6.34. The largest absolute Gasteiger partial charge is 0.478 e. The molecule has 48 heavy (non-hydrogen) atoms. The van der Waals surface area contributed by atoms with Crippen LogP contribution in [0.3, 0.4) is 0 Å². The number of hydrogen-bond donors (Lipinski definition) is 7. The number of oxime groups is 1. The molecule has 0 aliphatic rings. The summed E-state index contributed by atoms with van der Waals surface area (Å²) in [6.45, 7) is 3.31. The minimum Gasteiger partial charge on any atom is -0.478 e. The van der Waals surface area contributed by atoms with Gasteiger partial charge in [-0.05, 0) is 56.1 Å². The van der Waals surface area contributed by atoms with E-state index < -0.39 is 41.6 Å². The molecular weight excluding hydrogens is 688 g/mol. The molecule has 0 fully saturated rings. The van der Waals surface area contributed by atoms with Gasteiger partial charge in [0.2, 0.25) is 11.5 Å². The van der Waals surface area contributed by atoms with E-state index in [4.69, 9.17) is 33.6 Å². The molecule has 20 heteroatoms. The van der Waals surface area contributed by atoms with Gasteiger partial charge in [-0.1, -0.05) is 34.2 Å². The highest BCUT2D eigenvalue weighted by Gasteiger charge is 2.32. The monoisotopic (exact) mass is 727 g/mol. The Morgan fingerprint density at radius 2 is 1.96 bits per heavy atom. The van der Waals surface area contributed by atoms with Crippen molar-refractivity contribution in [1.29, 1.82) is 0 Å². The number of anilines is 3. The highest BCUT2D eigenvalue weighted by atomic mass is 35.5. The Hall–Kier alpha value is -4.46. The molecule has 2 heterocycles. The van der Waals surface area contributed by atoms with Gasteiger partial charge in [0.05, 0.1) is 6.54 Å². The third kappa shape index (κ3) is 11.7. The molecule has 2 aromatic rings. The summed E-state index contributed by atoms with van der Waals surface area (Å²) in [7, 11) is 1.26. The van der Waals surface area contributed by atoms with Gasteiger partial charge in [0.25, 0.3) is 18.1 Å². The predicted molar refractivity (Wildman–Crippen MR) is 184 cm³/mol. The zero-order valence-electron chi connectivity index (χ0n) is 26.9. The number of carboxylic acid groups (broad SMARTS) is 2. The van der Waals surface area contributed by atoms with E-state index in [0.29, 0.717) is 36.7 Å². The van der Waals surface area contributed by atoms with Crippen LogP contribution in [-0.2, 0) is 30.6 Å². The standard InChI is InChI=1S/C28H39ClN10O7S2/c1-28(2,26(44)45)46-37-20(19-22(29)48-27(32)36-19)24(41)34-12-18(40)38(3)21(25(42)43)16(14-47-4)8-7-11-39-13-17(23(31)35-15-39)33-10-6-5-9-30/h7-8,13,15,31,33H,5-6,9-12,14,30H2,1-4H3,(H5,32,34,36,41,42,43,44,45)/p+1/b8-7+,21-16-,37-20-. The number of thiazole rings is 1. The highest BCUT2D eigenvalue weighted by Crippen LogP contribution is 2.27. The third-order valence-corrected chi connectivity index (χ3v) is 8.02. The number of likely N-dealkylation sites (N-methyl/N-ethyl adjacent to an activating group) is 1. The van der Waals surface area contributed by atoms with Crippen LogP contribution in [0.4, 0.5) is 16.6 Å². The number of nitrogens with zero attached hydrogens (tertiary/aromatic N) is 5.